The summed E-state index contributed by atoms with van der Waals surface area (Å²) in [4.78, 5) is 22.0. The van der Waals surface area contributed by atoms with Crippen LogP contribution in [-0.2, 0) is 4.79 Å². The lowest BCUT2D eigenvalue weighted by Gasteiger charge is -2.07. The summed E-state index contributed by atoms with van der Waals surface area (Å²) < 4.78 is 0. The molecule has 2 N–H and O–H groups in total. The maximum absolute atomic E-state index is 11.3. The Bertz CT molecular complexity index is 282. The van der Waals surface area contributed by atoms with E-state index >= 15 is 0 Å². The smallest absolute Gasteiger partial charge is 0.279 e. The number of amides is 2. The van der Waals surface area contributed by atoms with Crippen LogP contribution in [-0.4, -0.2) is 29.5 Å². The van der Waals surface area contributed by atoms with Gasteiger partial charge >= 0.3 is 0 Å². The van der Waals surface area contributed by atoms with Crippen molar-refractivity contribution in [3.05, 3.63) is 0 Å². The highest BCUT2D eigenvalue weighted by molar-refractivity contribution is 8.14. The van der Waals surface area contributed by atoms with Crippen LogP contribution in [0.1, 0.15) is 34.6 Å². The van der Waals surface area contributed by atoms with E-state index in [1.165, 1.54) is 0 Å². The van der Waals surface area contributed by atoms with Crippen molar-refractivity contribution in [2.75, 3.05) is 12.3 Å². The highest BCUT2D eigenvalue weighted by Crippen LogP contribution is 2.12. The lowest BCUT2D eigenvalue weighted by molar-refractivity contribution is -0.122. The lowest BCUT2D eigenvalue weighted by atomic mass is 10.3. The third-order valence-corrected chi connectivity index (χ3v) is 2.40. The average Bonchev–Trinajstić information content (AvgIpc) is 2.81. The Morgan fingerprint density at radius 2 is 2.06 bits per heavy atom. The molecule has 1 heterocycles. The normalized spacial score (nSPS) is 16.1. The summed E-state index contributed by atoms with van der Waals surface area (Å²) in [6, 6.07) is -0.392. The molecule has 0 aromatic carbocycles. The van der Waals surface area contributed by atoms with Gasteiger partial charge in [-0.05, 0) is 6.92 Å². The van der Waals surface area contributed by atoms with E-state index in [0.29, 0.717) is 12.3 Å². The largest absolute Gasteiger partial charge is 0.343 e. The Morgan fingerprint density at radius 1 is 1.47 bits per heavy atom. The fourth-order valence-corrected chi connectivity index (χ4v) is 1.65. The average molecular weight is 258 g/mol. The standard InChI is InChI=1S/C8H10N2O2S.2C2H6/c1-2-3-4-9-7(11)6-5-13-8(12)10-6;2*1-2/h6H,4-5H2,1H3,(H,9,11)(H,10,12);2*1-2H3. The van der Waals surface area contributed by atoms with Crippen molar-refractivity contribution >= 4 is 22.9 Å². The van der Waals surface area contributed by atoms with Crippen LogP contribution in [0.15, 0.2) is 0 Å². The summed E-state index contributed by atoms with van der Waals surface area (Å²) in [5.74, 6) is 5.72. The van der Waals surface area contributed by atoms with Crippen LogP contribution in [0.3, 0.4) is 0 Å². The Balaban J connectivity index is 0. The Hall–Kier alpha value is -1.15. The molecule has 0 aromatic rings. The van der Waals surface area contributed by atoms with Crippen molar-refractivity contribution in [1.29, 1.82) is 0 Å². The van der Waals surface area contributed by atoms with Crippen molar-refractivity contribution in [3.8, 4) is 11.8 Å². The van der Waals surface area contributed by atoms with Crippen LogP contribution in [0, 0.1) is 11.8 Å². The summed E-state index contributed by atoms with van der Waals surface area (Å²) >= 11 is 1.13. The maximum Gasteiger partial charge on any atom is 0.279 e. The molecular weight excluding hydrogens is 236 g/mol. The predicted octanol–water partition coefficient (Wildman–Crippen LogP) is 2.00. The number of thioether (sulfide) groups is 1. The SMILES string of the molecule is CC.CC.CC#CCNC(=O)C1CSC(=O)N1. The lowest BCUT2D eigenvalue weighted by Crippen LogP contribution is -2.42. The van der Waals surface area contributed by atoms with E-state index in [-0.39, 0.29) is 11.1 Å². The van der Waals surface area contributed by atoms with Gasteiger partial charge < -0.3 is 10.6 Å². The third-order valence-electron chi connectivity index (χ3n) is 1.52. The van der Waals surface area contributed by atoms with Gasteiger partial charge in [0, 0.05) is 5.75 Å². The van der Waals surface area contributed by atoms with Crippen LogP contribution < -0.4 is 10.6 Å². The fourth-order valence-electron chi connectivity index (χ4n) is 0.869. The van der Waals surface area contributed by atoms with Crippen molar-refractivity contribution in [3.63, 3.8) is 0 Å². The van der Waals surface area contributed by atoms with Crippen molar-refractivity contribution in [1.82, 2.24) is 10.6 Å². The van der Waals surface area contributed by atoms with Crippen molar-refractivity contribution in [2.24, 2.45) is 0 Å². The predicted molar refractivity (Wildman–Crippen MR) is 73.9 cm³/mol. The highest BCUT2D eigenvalue weighted by Gasteiger charge is 2.27. The van der Waals surface area contributed by atoms with E-state index in [2.05, 4.69) is 22.5 Å². The topological polar surface area (TPSA) is 58.2 Å². The minimum absolute atomic E-state index is 0.137. The fraction of sp³-hybridized carbons (Fsp3) is 0.667. The maximum atomic E-state index is 11.3. The van der Waals surface area contributed by atoms with E-state index in [1.807, 2.05) is 27.7 Å². The second-order valence-electron chi connectivity index (χ2n) is 2.44. The van der Waals surface area contributed by atoms with Gasteiger partial charge in [0.1, 0.15) is 6.04 Å². The van der Waals surface area contributed by atoms with Gasteiger partial charge in [-0.3, -0.25) is 9.59 Å². The molecule has 98 valence electrons. The molecule has 0 aromatic heterocycles. The van der Waals surface area contributed by atoms with Gasteiger partial charge in [0.25, 0.3) is 5.24 Å². The third kappa shape index (κ3) is 8.64. The molecule has 0 aliphatic carbocycles. The minimum Gasteiger partial charge on any atom is -0.343 e. The Morgan fingerprint density at radius 3 is 2.47 bits per heavy atom. The number of hydrogen-bond acceptors (Lipinski definition) is 3. The highest BCUT2D eigenvalue weighted by atomic mass is 32.2. The minimum atomic E-state index is -0.392. The summed E-state index contributed by atoms with van der Waals surface area (Å²) in [5.41, 5.74) is 0. The summed E-state index contributed by atoms with van der Waals surface area (Å²) in [6.07, 6.45) is 0. The molecule has 1 unspecified atom stereocenters. The van der Waals surface area contributed by atoms with E-state index < -0.39 is 6.04 Å². The number of rotatable bonds is 2. The van der Waals surface area contributed by atoms with Gasteiger partial charge in [0.15, 0.2) is 0 Å². The zero-order valence-electron chi connectivity index (χ0n) is 11.2. The van der Waals surface area contributed by atoms with Gasteiger partial charge in [-0.15, -0.1) is 5.92 Å². The van der Waals surface area contributed by atoms with Gasteiger partial charge in [0.05, 0.1) is 6.54 Å². The molecule has 1 aliphatic rings. The molecule has 5 heteroatoms. The molecule has 0 spiro atoms. The molecule has 17 heavy (non-hydrogen) atoms. The first-order valence-corrected chi connectivity index (χ1v) is 6.83. The quantitative estimate of drug-likeness (QED) is 0.745. The van der Waals surface area contributed by atoms with Crippen molar-refractivity contribution < 1.29 is 9.59 Å². The van der Waals surface area contributed by atoms with Gasteiger partial charge in [0.2, 0.25) is 5.91 Å². The van der Waals surface area contributed by atoms with Gasteiger partial charge in [-0.1, -0.05) is 45.4 Å². The van der Waals surface area contributed by atoms with Crippen LogP contribution in [0.2, 0.25) is 0 Å². The summed E-state index contributed by atoms with van der Waals surface area (Å²) in [7, 11) is 0. The first kappa shape index (κ1) is 18.2. The number of carbonyl (C=O) groups is 2. The van der Waals surface area contributed by atoms with Gasteiger partial charge in [-0.2, -0.15) is 0 Å². The van der Waals surface area contributed by atoms with E-state index in [4.69, 9.17) is 0 Å². The first-order chi connectivity index (χ1) is 8.24. The molecule has 0 saturated carbocycles. The molecule has 0 bridgehead atoms. The van der Waals surface area contributed by atoms with E-state index in [0.717, 1.165) is 11.8 Å². The molecular formula is C12H22N2O2S. The molecule has 4 nitrogen and oxygen atoms in total. The molecule has 1 saturated heterocycles. The molecule has 1 aliphatic heterocycles. The molecule has 0 radical (unpaired) electrons. The van der Waals surface area contributed by atoms with E-state index in [9.17, 15) is 9.59 Å². The molecule has 1 rings (SSSR count). The zero-order valence-corrected chi connectivity index (χ0v) is 12.0. The monoisotopic (exact) mass is 258 g/mol. The first-order valence-electron chi connectivity index (χ1n) is 5.84. The van der Waals surface area contributed by atoms with E-state index in [1.54, 1.807) is 6.92 Å². The molecule has 1 fully saturated rings. The Kier molecular flexibility index (Phi) is 13.8. The molecule has 2 amide bonds. The summed E-state index contributed by atoms with van der Waals surface area (Å²) in [5, 5.41) is 5.01. The second kappa shape index (κ2) is 12.9. The van der Waals surface area contributed by atoms with Gasteiger partial charge in [-0.25, -0.2) is 0 Å². The summed E-state index contributed by atoms with van der Waals surface area (Å²) in [6.45, 7) is 10.0. The van der Waals surface area contributed by atoms with Crippen molar-refractivity contribution in [2.45, 2.75) is 40.7 Å². The van der Waals surface area contributed by atoms with Crippen LogP contribution in [0.5, 0.6) is 0 Å². The zero-order chi connectivity index (χ0) is 13.7. The molecule has 1 atom stereocenters. The van der Waals surface area contributed by atoms with Crippen LogP contribution in [0.4, 0.5) is 4.79 Å². The number of hydrogen-bond donors (Lipinski definition) is 2. The van der Waals surface area contributed by atoms with Crippen LogP contribution in [0.25, 0.3) is 0 Å². The second-order valence-corrected chi connectivity index (χ2v) is 3.43. The Labute approximate surface area is 108 Å². The van der Waals surface area contributed by atoms with Crippen LogP contribution >= 0.6 is 11.8 Å². The number of nitrogens with one attached hydrogen (secondary N) is 2. The number of carbonyl (C=O) groups excluding carboxylic acids is 2.